The molecular formula is C28H26O10. The van der Waals surface area contributed by atoms with Crippen molar-refractivity contribution in [1.29, 1.82) is 0 Å². The standard InChI is InChI=1S/C28H26O10/c1-31-22-9-15(10-23(32-2)26(22)35-5)21-14-19(29)18-13-17(7-8-20(18)38-21)37-28(30)16-11-24(33-3)27(36-6)25(12-16)34-4/h7-14H,1-6H3. The van der Waals surface area contributed by atoms with Gasteiger partial charge in [-0.25, -0.2) is 4.79 Å². The first-order valence-electron chi connectivity index (χ1n) is 11.3. The summed E-state index contributed by atoms with van der Waals surface area (Å²) in [6.45, 7) is 0. The number of esters is 1. The number of carbonyl (C=O) groups is 1. The van der Waals surface area contributed by atoms with Gasteiger partial charge in [-0.15, -0.1) is 0 Å². The minimum Gasteiger partial charge on any atom is -0.493 e. The van der Waals surface area contributed by atoms with Crippen molar-refractivity contribution in [2.24, 2.45) is 0 Å². The summed E-state index contributed by atoms with van der Waals surface area (Å²) in [6.07, 6.45) is 0. The van der Waals surface area contributed by atoms with E-state index in [-0.39, 0.29) is 22.1 Å². The Morgan fingerprint density at radius 2 is 1.18 bits per heavy atom. The molecule has 0 fully saturated rings. The zero-order chi connectivity index (χ0) is 27.4. The molecule has 4 rings (SSSR count). The summed E-state index contributed by atoms with van der Waals surface area (Å²) in [5.41, 5.74) is 0.690. The maximum Gasteiger partial charge on any atom is 0.343 e. The van der Waals surface area contributed by atoms with Gasteiger partial charge in [0.2, 0.25) is 11.5 Å². The molecule has 1 heterocycles. The van der Waals surface area contributed by atoms with E-state index in [0.29, 0.717) is 51.4 Å². The minimum atomic E-state index is -0.679. The van der Waals surface area contributed by atoms with E-state index in [9.17, 15) is 9.59 Å². The highest BCUT2D eigenvalue weighted by Crippen LogP contribution is 2.41. The monoisotopic (exact) mass is 522 g/mol. The predicted molar refractivity (Wildman–Crippen MR) is 139 cm³/mol. The molecule has 38 heavy (non-hydrogen) atoms. The van der Waals surface area contributed by atoms with Crippen LogP contribution < -0.4 is 38.6 Å². The van der Waals surface area contributed by atoms with Crippen molar-refractivity contribution in [3.05, 3.63) is 64.3 Å². The van der Waals surface area contributed by atoms with E-state index in [2.05, 4.69) is 0 Å². The molecule has 0 saturated carbocycles. The number of hydrogen-bond acceptors (Lipinski definition) is 10. The van der Waals surface area contributed by atoms with Crippen molar-refractivity contribution in [3.8, 4) is 51.6 Å². The first kappa shape index (κ1) is 26.2. The maximum atomic E-state index is 13.0. The van der Waals surface area contributed by atoms with Crippen LogP contribution in [0.25, 0.3) is 22.3 Å². The van der Waals surface area contributed by atoms with Crippen LogP contribution in [0.2, 0.25) is 0 Å². The van der Waals surface area contributed by atoms with Crippen LogP contribution in [-0.2, 0) is 0 Å². The number of ether oxygens (including phenoxy) is 7. The molecule has 198 valence electrons. The average molecular weight is 523 g/mol. The highest BCUT2D eigenvalue weighted by atomic mass is 16.5. The molecule has 10 heteroatoms. The topological polar surface area (TPSA) is 112 Å². The summed E-state index contributed by atoms with van der Waals surface area (Å²) in [6, 6.07) is 12.2. The van der Waals surface area contributed by atoms with E-state index < -0.39 is 5.97 Å². The zero-order valence-corrected chi connectivity index (χ0v) is 21.7. The second-order valence-corrected chi connectivity index (χ2v) is 7.85. The van der Waals surface area contributed by atoms with Gasteiger partial charge in [-0.2, -0.15) is 0 Å². The molecule has 0 aliphatic rings. The molecule has 10 nitrogen and oxygen atoms in total. The lowest BCUT2D eigenvalue weighted by Gasteiger charge is -2.14. The van der Waals surface area contributed by atoms with Crippen molar-refractivity contribution in [2.75, 3.05) is 42.7 Å². The van der Waals surface area contributed by atoms with Crippen molar-refractivity contribution >= 4 is 16.9 Å². The molecule has 4 aromatic rings. The van der Waals surface area contributed by atoms with Gasteiger partial charge >= 0.3 is 5.97 Å². The average Bonchev–Trinajstić information content (AvgIpc) is 2.95. The normalized spacial score (nSPS) is 10.6. The molecule has 3 aromatic carbocycles. The SMILES string of the molecule is COc1cc(C(=O)Oc2ccc3oc(-c4cc(OC)c(OC)c(OC)c4)cc(=O)c3c2)cc(OC)c1OC. The Morgan fingerprint density at radius 1 is 0.658 bits per heavy atom. The number of fused-ring (bicyclic) bond motifs is 1. The predicted octanol–water partition coefficient (Wildman–Crippen LogP) is 4.73. The lowest BCUT2D eigenvalue weighted by atomic mass is 10.1. The van der Waals surface area contributed by atoms with Gasteiger partial charge in [0.15, 0.2) is 28.4 Å². The van der Waals surface area contributed by atoms with Crippen LogP contribution in [0.3, 0.4) is 0 Å². The largest absolute Gasteiger partial charge is 0.493 e. The fourth-order valence-electron chi connectivity index (χ4n) is 3.93. The molecule has 0 radical (unpaired) electrons. The molecule has 0 unspecified atom stereocenters. The van der Waals surface area contributed by atoms with Crippen molar-refractivity contribution < 1.29 is 42.4 Å². The van der Waals surface area contributed by atoms with Crippen LogP contribution in [-0.4, -0.2) is 48.6 Å². The molecule has 0 aliphatic heterocycles. The maximum absolute atomic E-state index is 13.0. The van der Waals surface area contributed by atoms with E-state index in [1.807, 2.05) is 0 Å². The highest BCUT2D eigenvalue weighted by molar-refractivity contribution is 5.93. The van der Waals surface area contributed by atoms with Gasteiger partial charge in [-0.05, 0) is 42.5 Å². The Balaban J connectivity index is 1.68. The van der Waals surface area contributed by atoms with Crippen LogP contribution in [0, 0.1) is 0 Å². The smallest absolute Gasteiger partial charge is 0.343 e. The summed E-state index contributed by atoms with van der Waals surface area (Å²) < 4.78 is 43.5. The van der Waals surface area contributed by atoms with Gasteiger partial charge in [0.05, 0.1) is 53.6 Å². The third-order valence-corrected chi connectivity index (χ3v) is 5.76. The first-order valence-corrected chi connectivity index (χ1v) is 11.3. The van der Waals surface area contributed by atoms with Gasteiger partial charge in [0.25, 0.3) is 0 Å². The zero-order valence-electron chi connectivity index (χ0n) is 21.7. The fraction of sp³-hybridized carbons (Fsp3) is 0.214. The second kappa shape index (κ2) is 11.0. The van der Waals surface area contributed by atoms with Crippen LogP contribution in [0.4, 0.5) is 0 Å². The third kappa shape index (κ3) is 4.88. The van der Waals surface area contributed by atoms with Crippen LogP contribution >= 0.6 is 0 Å². The molecule has 0 atom stereocenters. The molecule has 0 N–H and O–H groups in total. The van der Waals surface area contributed by atoms with Crippen molar-refractivity contribution in [2.45, 2.75) is 0 Å². The summed E-state index contributed by atoms with van der Waals surface area (Å²) in [4.78, 5) is 25.9. The van der Waals surface area contributed by atoms with Gasteiger partial charge in [0.1, 0.15) is 17.1 Å². The second-order valence-electron chi connectivity index (χ2n) is 7.85. The molecule has 1 aromatic heterocycles. The summed E-state index contributed by atoms with van der Waals surface area (Å²) in [5, 5.41) is 0.233. The molecular weight excluding hydrogens is 496 g/mol. The number of methoxy groups -OCH3 is 6. The Labute approximate surface area is 218 Å². The third-order valence-electron chi connectivity index (χ3n) is 5.76. The quantitative estimate of drug-likeness (QED) is 0.226. The Kier molecular flexibility index (Phi) is 7.61. The number of benzene rings is 3. The van der Waals surface area contributed by atoms with Crippen LogP contribution in [0.5, 0.6) is 40.2 Å². The lowest BCUT2D eigenvalue weighted by Crippen LogP contribution is -2.10. The van der Waals surface area contributed by atoms with E-state index >= 15 is 0 Å². The summed E-state index contributed by atoms with van der Waals surface area (Å²) in [5.74, 6) is 1.97. The number of rotatable bonds is 9. The Bertz CT molecular complexity index is 1500. The van der Waals surface area contributed by atoms with Gasteiger partial charge in [-0.3, -0.25) is 4.79 Å². The van der Waals surface area contributed by atoms with E-state index in [1.165, 1.54) is 73.0 Å². The first-order chi connectivity index (χ1) is 18.4. The summed E-state index contributed by atoms with van der Waals surface area (Å²) >= 11 is 0. The summed E-state index contributed by atoms with van der Waals surface area (Å²) in [7, 11) is 8.86. The number of hydrogen-bond donors (Lipinski definition) is 0. The molecule has 0 saturated heterocycles. The van der Waals surface area contributed by atoms with E-state index in [4.69, 9.17) is 37.6 Å². The molecule has 0 amide bonds. The van der Waals surface area contributed by atoms with Crippen LogP contribution in [0.1, 0.15) is 10.4 Å². The fourth-order valence-corrected chi connectivity index (χ4v) is 3.93. The lowest BCUT2D eigenvalue weighted by molar-refractivity contribution is 0.0734. The van der Waals surface area contributed by atoms with Gasteiger partial charge in [-0.1, -0.05) is 0 Å². The Morgan fingerprint density at radius 3 is 1.68 bits per heavy atom. The molecule has 0 aliphatic carbocycles. The Hall–Kier alpha value is -4.86. The highest BCUT2D eigenvalue weighted by Gasteiger charge is 2.20. The number of carbonyl (C=O) groups excluding carboxylic acids is 1. The minimum absolute atomic E-state index is 0.157. The van der Waals surface area contributed by atoms with E-state index in [0.717, 1.165) is 0 Å². The molecule has 0 spiro atoms. The molecule has 0 bridgehead atoms. The van der Waals surface area contributed by atoms with Crippen LogP contribution in [0.15, 0.2) is 57.7 Å². The van der Waals surface area contributed by atoms with Crippen molar-refractivity contribution in [1.82, 2.24) is 0 Å². The van der Waals surface area contributed by atoms with Crippen molar-refractivity contribution in [3.63, 3.8) is 0 Å². The van der Waals surface area contributed by atoms with E-state index in [1.54, 1.807) is 18.2 Å². The van der Waals surface area contributed by atoms with Gasteiger partial charge in [0, 0.05) is 11.6 Å². The van der Waals surface area contributed by atoms with Gasteiger partial charge < -0.3 is 37.6 Å².